The molecular weight excluding hydrogens is 526 g/mol. The van der Waals surface area contributed by atoms with E-state index in [4.69, 9.17) is 4.74 Å². The van der Waals surface area contributed by atoms with Gasteiger partial charge in [0.1, 0.15) is 17.7 Å². The molecule has 0 spiro atoms. The number of carboxylic acid groups (broad SMARTS) is 1. The molecule has 2 heterocycles. The number of hydrogen-bond donors (Lipinski definition) is 1. The zero-order valence-corrected chi connectivity index (χ0v) is 23.9. The molecule has 6 nitrogen and oxygen atoms in total. The van der Waals surface area contributed by atoms with Crippen LogP contribution >= 0.6 is 0 Å². The highest BCUT2D eigenvalue weighted by Crippen LogP contribution is 2.40. The molecule has 0 bridgehead atoms. The molecule has 0 radical (unpaired) electrons. The highest BCUT2D eigenvalue weighted by atomic mass is 19.1. The number of halogens is 2. The molecular formula is C33H42F2N2O4. The lowest BCUT2D eigenvalue weighted by Gasteiger charge is -2.35. The lowest BCUT2D eigenvalue weighted by Crippen LogP contribution is -2.41. The van der Waals surface area contributed by atoms with E-state index in [0.717, 1.165) is 62.9 Å². The van der Waals surface area contributed by atoms with Crippen molar-refractivity contribution in [3.8, 4) is 0 Å². The summed E-state index contributed by atoms with van der Waals surface area (Å²) in [6, 6.07) is 12.4. The zero-order valence-electron chi connectivity index (χ0n) is 23.9. The first-order valence-corrected chi connectivity index (χ1v) is 15.1. The number of benzene rings is 2. The molecule has 2 saturated heterocycles. The van der Waals surface area contributed by atoms with Crippen LogP contribution in [0.2, 0.25) is 0 Å². The van der Waals surface area contributed by atoms with Gasteiger partial charge in [-0.3, -0.25) is 14.5 Å². The summed E-state index contributed by atoms with van der Waals surface area (Å²) < 4.78 is 32.6. The normalized spacial score (nSPS) is 23.8. The Kier molecular flexibility index (Phi) is 9.71. The van der Waals surface area contributed by atoms with Crippen LogP contribution < -0.4 is 0 Å². The first-order valence-electron chi connectivity index (χ1n) is 15.1. The van der Waals surface area contributed by atoms with Crippen LogP contribution in [0, 0.1) is 29.4 Å². The van der Waals surface area contributed by atoms with Gasteiger partial charge in [-0.15, -0.1) is 0 Å². The van der Waals surface area contributed by atoms with Gasteiger partial charge in [-0.1, -0.05) is 37.1 Å². The van der Waals surface area contributed by atoms with Crippen LogP contribution in [0.15, 0.2) is 48.5 Å². The van der Waals surface area contributed by atoms with Crippen LogP contribution in [0.3, 0.4) is 0 Å². The highest BCUT2D eigenvalue weighted by Gasteiger charge is 2.42. The van der Waals surface area contributed by atoms with E-state index in [9.17, 15) is 23.5 Å². The van der Waals surface area contributed by atoms with Crippen molar-refractivity contribution in [3.05, 3.63) is 71.3 Å². The summed E-state index contributed by atoms with van der Waals surface area (Å²) in [5, 5.41) is 10.0. The zero-order chi connectivity index (χ0) is 28.9. The topological polar surface area (TPSA) is 70.1 Å². The van der Waals surface area contributed by atoms with Gasteiger partial charge in [-0.05, 0) is 98.3 Å². The maximum atomic E-state index is 14.2. The molecule has 1 aliphatic carbocycles. The van der Waals surface area contributed by atoms with Gasteiger partial charge in [0.25, 0.3) is 0 Å². The van der Waals surface area contributed by atoms with Crippen molar-refractivity contribution in [2.45, 2.75) is 62.8 Å². The number of carbonyl (C=O) groups is 2. The molecule has 3 fully saturated rings. The minimum Gasteiger partial charge on any atom is -0.480 e. The SMILES string of the molecule is COC(=O)C(CCC1CCN(C[C@H]2CN([C@H](CC3CC3)C(=O)O)C[C@@H]2c2cccc(F)c2)CC1)c1ccc(F)cc1. The van der Waals surface area contributed by atoms with Crippen molar-refractivity contribution < 1.29 is 28.2 Å². The summed E-state index contributed by atoms with van der Waals surface area (Å²) in [6.45, 7) is 4.11. The Bertz CT molecular complexity index is 1180. The van der Waals surface area contributed by atoms with Gasteiger partial charge < -0.3 is 14.7 Å². The van der Waals surface area contributed by atoms with Crippen molar-refractivity contribution in [2.75, 3.05) is 39.8 Å². The average Bonchev–Trinajstić information content (AvgIpc) is 3.70. The second-order valence-electron chi connectivity index (χ2n) is 12.4. The van der Waals surface area contributed by atoms with Crippen LogP contribution in [0.1, 0.15) is 67.9 Å². The summed E-state index contributed by atoms with van der Waals surface area (Å²) in [5.41, 5.74) is 1.74. The summed E-state index contributed by atoms with van der Waals surface area (Å²) in [7, 11) is 1.39. The lowest BCUT2D eigenvalue weighted by molar-refractivity contribution is -0.144. The number of hydrogen-bond acceptors (Lipinski definition) is 5. The van der Waals surface area contributed by atoms with E-state index in [1.54, 1.807) is 24.3 Å². The van der Waals surface area contributed by atoms with Crippen LogP contribution in [0.4, 0.5) is 8.78 Å². The fraction of sp³-hybridized carbons (Fsp3) is 0.576. The molecule has 2 aliphatic heterocycles. The van der Waals surface area contributed by atoms with E-state index in [1.165, 1.54) is 25.3 Å². The fourth-order valence-electron chi connectivity index (χ4n) is 6.98. The molecule has 41 heavy (non-hydrogen) atoms. The molecule has 8 heteroatoms. The standard InChI is InChI=1S/C33H42F2N2O4/c1-41-33(40)29(24-8-10-27(34)11-9-24)12-7-22-13-15-36(16-14-22)19-26-20-37(31(32(38)39)17-23-5-6-23)21-30(26)25-3-2-4-28(35)18-25/h2-4,8-11,18,22-23,26,29-31H,5-7,12-17,19-21H2,1H3,(H,38,39)/t26-,29?,30+,31+/m0/s1. The number of rotatable bonds is 12. The van der Waals surface area contributed by atoms with Gasteiger partial charge >= 0.3 is 11.9 Å². The number of esters is 1. The van der Waals surface area contributed by atoms with Crippen LogP contribution in [-0.4, -0.2) is 72.7 Å². The van der Waals surface area contributed by atoms with Crippen molar-refractivity contribution in [2.24, 2.45) is 17.8 Å². The first kappa shape index (κ1) is 29.6. The van der Waals surface area contributed by atoms with E-state index >= 15 is 0 Å². The number of piperidine rings is 1. The van der Waals surface area contributed by atoms with Gasteiger partial charge in [0.15, 0.2) is 0 Å². The molecule has 1 saturated carbocycles. The van der Waals surface area contributed by atoms with E-state index in [-0.39, 0.29) is 29.4 Å². The Morgan fingerprint density at radius 1 is 0.976 bits per heavy atom. The summed E-state index contributed by atoms with van der Waals surface area (Å²) in [6.07, 6.45) is 6.56. The van der Waals surface area contributed by atoms with Gasteiger partial charge in [0, 0.05) is 25.6 Å². The molecule has 2 aromatic carbocycles. The maximum absolute atomic E-state index is 14.2. The Labute approximate surface area is 241 Å². The number of methoxy groups -OCH3 is 1. The van der Waals surface area contributed by atoms with Gasteiger partial charge in [0.2, 0.25) is 0 Å². The molecule has 3 aliphatic rings. The Hall–Kier alpha value is -2.84. The summed E-state index contributed by atoms with van der Waals surface area (Å²) in [4.78, 5) is 29.3. The number of aliphatic carboxylic acids is 1. The van der Waals surface area contributed by atoms with Gasteiger partial charge in [-0.2, -0.15) is 0 Å². The Morgan fingerprint density at radius 2 is 1.71 bits per heavy atom. The number of likely N-dealkylation sites (tertiary alicyclic amines) is 2. The largest absolute Gasteiger partial charge is 0.480 e. The second-order valence-corrected chi connectivity index (χ2v) is 12.4. The van der Waals surface area contributed by atoms with Crippen molar-refractivity contribution in [1.29, 1.82) is 0 Å². The van der Waals surface area contributed by atoms with E-state index in [1.807, 2.05) is 6.07 Å². The van der Waals surface area contributed by atoms with E-state index in [0.29, 0.717) is 37.8 Å². The first-order chi connectivity index (χ1) is 19.8. The minimum absolute atomic E-state index is 0.0981. The number of ether oxygens (including phenoxy) is 1. The Morgan fingerprint density at radius 3 is 2.34 bits per heavy atom. The second kappa shape index (κ2) is 13.4. The molecule has 0 amide bonds. The molecule has 222 valence electrons. The predicted octanol–water partition coefficient (Wildman–Crippen LogP) is 5.68. The number of carbonyl (C=O) groups excluding carboxylic acids is 1. The Balaban J connectivity index is 1.18. The molecule has 2 aromatic rings. The van der Waals surface area contributed by atoms with Crippen LogP contribution in [-0.2, 0) is 14.3 Å². The molecule has 4 atom stereocenters. The van der Waals surface area contributed by atoms with Crippen molar-refractivity contribution in [3.63, 3.8) is 0 Å². The number of nitrogens with zero attached hydrogens (tertiary/aromatic N) is 2. The number of carboxylic acids is 1. The minimum atomic E-state index is -0.748. The van der Waals surface area contributed by atoms with E-state index < -0.39 is 17.9 Å². The van der Waals surface area contributed by atoms with Crippen LogP contribution in [0.25, 0.3) is 0 Å². The highest BCUT2D eigenvalue weighted by molar-refractivity contribution is 5.78. The van der Waals surface area contributed by atoms with Crippen molar-refractivity contribution in [1.82, 2.24) is 9.80 Å². The third-order valence-electron chi connectivity index (χ3n) is 9.55. The molecule has 5 rings (SSSR count). The van der Waals surface area contributed by atoms with Crippen LogP contribution in [0.5, 0.6) is 0 Å². The fourth-order valence-corrected chi connectivity index (χ4v) is 6.98. The quantitative estimate of drug-likeness (QED) is 0.332. The third-order valence-corrected chi connectivity index (χ3v) is 9.55. The molecule has 1 unspecified atom stereocenters. The third kappa shape index (κ3) is 7.72. The van der Waals surface area contributed by atoms with Crippen molar-refractivity contribution >= 4 is 11.9 Å². The maximum Gasteiger partial charge on any atom is 0.320 e. The van der Waals surface area contributed by atoms with E-state index in [2.05, 4.69) is 9.80 Å². The molecule has 1 N–H and O–H groups in total. The lowest BCUT2D eigenvalue weighted by atomic mass is 9.85. The smallest absolute Gasteiger partial charge is 0.320 e. The summed E-state index contributed by atoms with van der Waals surface area (Å²) >= 11 is 0. The van der Waals surface area contributed by atoms with Gasteiger partial charge in [-0.25, -0.2) is 8.78 Å². The predicted molar refractivity (Wildman–Crippen MR) is 153 cm³/mol. The monoisotopic (exact) mass is 568 g/mol. The summed E-state index contributed by atoms with van der Waals surface area (Å²) in [5.74, 6) is -0.663. The van der Waals surface area contributed by atoms with Gasteiger partial charge in [0.05, 0.1) is 13.0 Å². The molecule has 0 aromatic heterocycles. The average molecular weight is 569 g/mol.